The van der Waals surface area contributed by atoms with Crippen LogP contribution in [-0.2, 0) is 0 Å². The van der Waals surface area contributed by atoms with E-state index in [2.05, 4.69) is 24.1 Å². The second-order valence-corrected chi connectivity index (χ2v) is 6.58. The van der Waals surface area contributed by atoms with Crippen molar-refractivity contribution in [2.24, 2.45) is 5.41 Å². The Hall–Kier alpha value is -1.71. The van der Waals surface area contributed by atoms with Gasteiger partial charge in [0.1, 0.15) is 0 Å². The Morgan fingerprint density at radius 1 is 1.35 bits per heavy atom. The number of rotatable bonds is 4. The topological polar surface area (TPSA) is 65.1 Å². The van der Waals surface area contributed by atoms with Crippen LogP contribution >= 0.6 is 0 Å². The molecule has 1 aromatic rings. The smallest absolute Gasteiger partial charge is 0.0710 e. The molecule has 0 atom stereocenters. The maximum absolute atomic E-state index is 7.80. The van der Waals surface area contributed by atoms with Crippen molar-refractivity contribution >= 4 is 23.3 Å². The van der Waals surface area contributed by atoms with Crippen molar-refractivity contribution < 1.29 is 0 Å². The quantitative estimate of drug-likeness (QED) is 0.583. The van der Waals surface area contributed by atoms with Gasteiger partial charge in [-0.05, 0) is 50.7 Å². The zero-order valence-electron chi connectivity index (χ0n) is 12.4. The van der Waals surface area contributed by atoms with E-state index in [9.17, 15) is 0 Å². The van der Waals surface area contributed by atoms with Gasteiger partial charge in [-0.1, -0.05) is 0 Å². The van der Waals surface area contributed by atoms with Crippen molar-refractivity contribution in [1.29, 1.82) is 5.41 Å². The average molecular weight is 272 g/mol. The summed E-state index contributed by atoms with van der Waals surface area (Å²) in [4.78, 5) is 2.38. The van der Waals surface area contributed by atoms with Gasteiger partial charge in [-0.25, -0.2) is 0 Å². The minimum absolute atomic E-state index is 0.346. The van der Waals surface area contributed by atoms with Crippen molar-refractivity contribution in [3.05, 3.63) is 17.7 Å². The molecule has 1 aromatic carbocycles. The molecule has 108 valence electrons. The summed E-state index contributed by atoms with van der Waals surface area (Å²) in [6.07, 6.45) is 5.42. The predicted octanol–water partition coefficient (Wildman–Crippen LogP) is 3.08. The molecule has 0 aromatic heterocycles. The van der Waals surface area contributed by atoms with Crippen LogP contribution in [0.15, 0.2) is 12.1 Å². The first-order valence-corrected chi connectivity index (χ1v) is 7.49. The van der Waals surface area contributed by atoms with Crippen LogP contribution in [0.4, 0.5) is 17.1 Å². The number of nitrogens with zero attached hydrogens (tertiary/aromatic N) is 1. The SMILES string of the molecule is CC(C)Nc1ccc(N)c(N2CCC3(CC3)C2)c1C=N. The molecular formula is C16H24N4. The third kappa shape index (κ3) is 2.23. The van der Waals surface area contributed by atoms with Gasteiger partial charge in [0.05, 0.1) is 11.4 Å². The van der Waals surface area contributed by atoms with Crippen molar-refractivity contribution in [1.82, 2.24) is 0 Å². The van der Waals surface area contributed by atoms with Gasteiger partial charge in [0.15, 0.2) is 0 Å². The Morgan fingerprint density at radius 2 is 2.10 bits per heavy atom. The van der Waals surface area contributed by atoms with Crippen LogP contribution in [0, 0.1) is 10.8 Å². The molecule has 20 heavy (non-hydrogen) atoms. The summed E-state index contributed by atoms with van der Waals surface area (Å²) in [5, 5.41) is 11.2. The Labute approximate surface area is 120 Å². The van der Waals surface area contributed by atoms with E-state index in [1.165, 1.54) is 25.5 Å². The van der Waals surface area contributed by atoms with E-state index in [0.29, 0.717) is 11.5 Å². The monoisotopic (exact) mass is 272 g/mol. The summed E-state index contributed by atoms with van der Waals surface area (Å²) < 4.78 is 0. The second kappa shape index (κ2) is 4.69. The lowest BCUT2D eigenvalue weighted by Crippen LogP contribution is -2.24. The summed E-state index contributed by atoms with van der Waals surface area (Å²) in [6.45, 7) is 6.39. The molecule has 2 fully saturated rings. The molecule has 1 spiro atoms. The highest BCUT2D eigenvalue weighted by Gasteiger charge is 2.48. The summed E-state index contributed by atoms with van der Waals surface area (Å²) in [5.74, 6) is 0. The van der Waals surface area contributed by atoms with E-state index < -0.39 is 0 Å². The molecule has 1 heterocycles. The number of nitrogens with one attached hydrogen (secondary N) is 2. The molecule has 0 amide bonds. The molecule has 0 unspecified atom stereocenters. The van der Waals surface area contributed by atoms with Crippen LogP contribution in [0.5, 0.6) is 0 Å². The fourth-order valence-electron chi connectivity index (χ4n) is 3.27. The fourth-order valence-corrected chi connectivity index (χ4v) is 3.27. The Morgan fingerprint density at radius 3 is 2.65 bits per heavy atom. The summed E-state index contributed by atoms with van der Waals surface area (Å²) in [7, 11) is 0. The molecular weight excluding hydrogens is 248 g/mol. The van der Waals surface area contributed by atoms with E-state index >= 15 is 0 Å². The minimum atomic E-state index is 0.346. The van der Waals surface area contributed by atoms with E-state index in [-0.39, 0.29) is 0 Å². The third-order valence-corrected chi connectivity index (χ3v) is 4.55. The fraction of sp³-hybridized carbons (Fsp3) is 0.562. The van der Waals surface area contributed by atoms with E-state index in [1.807, 2.05) is 12.1 Å². The maximum Gasteiger partial charge on any atom is 0.0710 e. The number of anilines is 3. The maximum atomic E-state index is 7.80. The lowest BCUT2D eigenvalue weighted by atomic mass is 10.1. The van der Waals surface area contributed by atoms with Gasteiger partial charge in [-0.2, -0.15) is 0 Å². The Kier molecular flexibility index (Phi) is 3.11. The molecule has 3 rings (SSSR count). The highest BCUT2D eigenvalue weighted by molar-refractivity contribution is 5.98. The van der Waals surface area contributed by atoms with Crippen LogP contribution in [0.2, 0.25) is 0 Å². The molecule has 1 aliphatic carbocycles. The zero-order valence-corrected chi connectivity index (χ0v) is 12.4. The van der Waals surface area contributed by atoms with Crippen LogP contribution in [-0.4, -0.2) is 25.3 Å². The normalized spacial score (nSPS) is 19.6. The predicted molar refractivity (Wildman–Crippen MR) is 86.0 cm³/mol. The number of nitrogens with two attached hydrogens (primary N) is 1. The van der Waals surface area contributed by atoms with Gasteiger partial charge in [0, 0.05) is 36.6 Å². The van der Waals surface area contributed by atoms with Crippen molar-refractivity contribution in [3.8, 4) is 0 Å². The molecule has 0 bridgehead atoms. The summed E-state index contributed by atoms with van der Waals surface area (Å²) in [5.41, 5.74) is 10.6. The van der Waals surface area contributed by atoms with Gasteiger partial charge in [-0.15, -0.1) is 0 Å². The Bertz CT molecular complexity index is 532. The third-order valence-electron chi connectivity index (χ3n) is 4.55. The average Bonchev–Trinajstić information content (AvgIpc) is 3.02. The lowest BCUT2D eigenvalue weighted by Gasteiger charge is -2.25. The number of benzene rings is 1. The molecule has 0 radical (unpaired) electrons. The first-order valence-electron chi connectivity index (χ1n) is 7.49. The zero-order chi connectivity index (χ0) is 14.3. The van der Waals surface area contributed by atoms with E-state index in [4.69, 9.17) is 11.1 Å². The molecule has 4 N–H and O–H groups in total. The largest absolute Gasteiger partial charge is 0.397 e. The molecule has 2 aliphatic rings. The van der Waals surface area contributed by atoms with Crippen LogP contribution in [0.3, 0.4) is 0 Å². The number of nitrogen functional groups attached to an aromatic ring is 1. The molecule has 1 saturated heterocycles. The minimum Gasteiger partial charge on any atom is -0.397 e. The van der Waals surface area contributed by atoms with Crippen molar-refractivity contribution in [2.45, 2.75) is 39.2 Å². The summed E-state index contributed by atoms with van der Waals surface area (Å²) >= 11 is 0. The highest BCUT2D eigenvalue weighted by atomic mass is 15.2. The van der Waals surface area contributed by atoms with Crippen molar-refractivity contribution in [3.63, 3.8) is 0 Å². The van der Waals surface area contributed by atoms with E-state index in [0.717, 1.165) is 35.7 Å². The van der Waals surface area contributed by atoms with Gasteiger partial charge in [-0.3, -0.25) is 0 Å². The second-order valence-electron chi connectivity index (χ2n) is 6.58. The van der Waals surface area contributed by atoms with E-state index in [1.54, 1.807) is 0 Å². The van der Waals surface area contributed by atoms with Crippen molar-refractivity contribution in [2.75, 3.05) is 29.0 Å². The lowest BCUT2D eigenvalue weighted by molar-refractivity contribution is 0.581. The van der Waals surface area contributed by atoms with Crippen LogP contribution < -0.4 is 16.0 Å². The molecule has 4 heteroatoms. The number of hydrogen-bond donors (Lipinski definition) is 3. The van der Waals surface area contributed by atoms with Gasteiger partial charge < -0.3 is 21.4 Å². The molecule has 1 aliphatic heterocycles. The summed E-state index contributed by atoms with van der Waals surface area (Å²) in [6, 6.07) is 4.30. The van der Waals surface area contributed by atoms with Gasteiger partial charge >= 0.3 is 0 Å². The van der Waals surface area contributed by atoms with Crippen LogP contribution in [0.1, 0.15) is 38.7 Å². The first kappa shape index (κ1) is 13.3. The Balaban J connectivity index is 1.97. The highest BCUT2D eigenvalue weighted by Crippen LogP contribution is 2.54. The van der Waals surface area contributed by atoms with Crippen LogP contribution in [0.25, 0.3) is 0 Å². The first-order chi connectivity index (χ1) is 9.54. The molecule has 4 nitrogen and oxygen atoms in total. The standard InChI is InChI=1S/C16H24N4/c1-11(2)19-14-4-3-13(18)15(12(14)9-17)20-8-7-16(10-20)5-6-16/h3-4,9,11,17,19H,5-8,10,18H2,1-2H3. The molecule has 1 saturated carbocycles. The van der Waals surface area contributed by atoms with Gasteiger partial charge in [0.25, 0.3) is 0 Å². The number of hydrogen-bond acceptors (Lipinski definition) is 4. The van der Waals surface area contributed by atoms with Gasteiger partial charge in [0.2, 0.25) is 0 Å².